The molecule has 2 nitrogen and oxygen atoms in total. The van der Waals surface area contributed by atoms with Gasteiger partial charge in [0.2, 0.25) is 0 Å². The largest absolute Gasteiger partial charge is 0.466 e. The first kappa shape index (κ1) is 7.40. The van der Waals surface area contributed by atoms with Gasteiger partial charge in [-0.25, -0.2) is 0 Å². The van der Waals surface area contributed by atoms with Crippen LogP contribution in [0.15, 0.2) is 0 Å². The van der Waals surface area contributed by atoms with Crippen LogP contribution in [-0.4, -0.2) is 19.3 Å². The van der Waals surface area contributed by atoms with Crippen molar-refractivity contribution in [2.45, 2.75) is 13.3 Å². The molecule has 0 N–H and O–H groups in total. The molecule has 0 aromatic heterocycles. The Bertz CT molecular complexity index is 64.8. The van der Waals surface area contributed by atoms with Crippen molar-refractivity contribution in [3.05, 3.63) is 0 Å². The zero-order chi connectivity index (χ0) is 6.41. The van der Waals surface area contributed by atoms with Crippen LogP contribution in [0.1, 0.15) is 13.3 Å². The van der Waals surface area contributed by atoms with Gasteiger partial charge in [0.05, 0.1) is 19.7 Å². The molecule has 0 aromatic rings. The molecule has 8 heavy (non-hydrogen) atoms. The molecule has 0 saturated carbocycles. The van der Waals surface area contributed by atoms with Gasteiger partial charge in [-0.15, -0.1) is 0 Å². The first-order chi connectivity index (χ1) is 3.81. The van der Waals surface area contributed by atoms with Gasteiger partial charge in [0.1, 0.15) is 0 Å². The van der Waals surface area contributed by atoms with Crippen molar-refractivity contribution in [1.29, 1.82) is 0 Å². The lowest BCUT2D eigenvalue weighted by atomic mass is 10.5. The van der Waals surface area contributed by atoms with Crippen molar-refractivity contribution in [3.63, 3.8) is 0 Å². The number of hydrogen-bond acceptors (Lipinski definition) is 2. The third-order valence-electron chi connectivity index (χ3n) is 0.604. The lowest BCUT2D eigenvalue weighted by molar-refractivity contribution is -0.143. The fourth-order valence-corrected chi connectivity index (χ4v) is 0.310. The van der Waals surface area contributed by atoms with E-state index in [-0.39, 0.29) is 6.42 Å². The fourth-order valence-electron chi connectivity index (χ4n) is 0.310. The number of rotatable bonds is 3. The smallest absolute Gasteiger partial charge is 0.308 e. The third-order valence-corrected chi connectivity index (χ3v) is 0.604. The summed E-state index contributed by atoms with van der Waals surface area (Å²) in [6, 6.07) is 0. The van der Waals surface area contributed by atoms with Crippen LogP contribution in [0, 0.1) is 0 Å². The Kier molecular flexibility index (Phi) is 4.21. The highest BCUT2D eigenvalue weighted by molar-refractivity contribution is 5.69. The van der Waals surface area contributed by atoms with E-state index in [0.29, 0.717) is 6.61 Å². The Morgan fingerprint density at radius 3 is 2.75 bits per heavy atom. The first-order valence-corrected chi connectivity index (χ1v) is 2.52. The van der Waals surface area contributed by atoms with Gasteiger partial charge in [-0.2, -0.15) is 0 Å². The van der Waals surface area contributed by atoms with E-state index in [1.54, 1.807) is 6.92 Å². The van der Waals surface area contributed by atoms with E-state index in [0.717, 1.165) is 0 Å². The molecule has 0 atom stereocenters. The summed E-state index contributed by atoms with van der Waals surface area (Å²) in [6.07, 6.45) is -0.117. The summed E-state index contributed by atoms with van der Waals surface area (Å²) < 4.78 is 15.7. The Balaban J connectivity index is 3.06. The average molecular weight is 119 g/mol. The van der Waals surface area contributed by atoms with Crippen LogP contribution in [0.5, 0.6) is 0 Å². The van der Waals surface area contributed by atoms with Crippen molar-refractivity contribution >= 4 is 5.97 Å². The number of halogens is 1. The quantitative estimate of drug-likeness (QED) is 0.516. The van der Waals surface area contributed by atoms with Gasteiger partial charge < -0.3 is 4.74 Å². The summed E-state index contributed by atoms with van der Waals surface area (Å²) in [5.41, 5.74) is 0. The lowest BCUT2D eigenvalue weighted by Crippen LogP contribution is -2.03. The van der Waals surface area contributed by atoms with E-state index in [1.165, 1.54) is 0 Å². The minimum atomic E-state index is -0.626. The SMILES string of the molecule is CCOC(=O)CC[18F]. The van der Waals surface area contributed by atoms with Crippen molar-refractivity contribution in [2.75, 3.05) is 13.3 Å². The standard InChI is InChI=1S/C5H9FO2/c1-2-8-5(7)3-4-6/h2-4H2,1H3/i6-1. The topological polar surface area (TPSA) is 26.3 Å². The molecule has 0 bridgehead atoms. The Hall–Kier alpha value is -0.600. The van der Waals surface area contributed by atoms with Gasteiger partial charge in [-0.1, -0.05) is 0 Å². The van der Waals surface area contributed by atoms with E-state index in [4.69, 9.17) is 0 Å². The van der Waals surface area contributed by atoms with Crippen molar-refractivity contribution in [1.82, 2.24) is 0 Å². The highest BCUT2D eigenvalue weighted by Gasteiger charge is 1.97. The first-order valence-electron chi connectivity index (χ1n) is 2.52. The molecular weight excluding hydrogens is 110 g/mol. The predicted octanol–water partition coefficient (Wildman–Crippen LogP) is 0.909. The summed E-state index contributed by atoms with van der Waals surface area (Å²) in [7, 11) is 0. The summed E-state index contributed by atoms with van der Waals surface area (Å²) in [5, 5.41) is 0. The molecule has 0 amide bonds. The van der Waals surface area contributed by atoms with Gasteiger partial charge >= 0.3 is 5.97 Å². The molecule has 3 heteroatoms. The molecule has 0 heterocycles. The van der Waals surface area contributed by atoms with E-state index in [2.05, 4.69) is 4.74 Å². The molecule has 48 valence electrons. The molecule has 0 aliphatic carbocycles. The van der Waals surface area contributed by atoms with Crippen LogP contribution in [0.4, 0.5) is 4.39 Å². The third kappa shape index (κ3) is 3.59. The van der Waals surface area contributed by atoms with Gasteiger partial charge in [0.25, 0.3) is 0 Å². The second kappa shape index (κ2) is 4.56. The van der Waals surface area contributed by atoms with Crippen molar-refractivity contribution < 1.29 is 13.9 Å². The maximum atomic E-state index is 11.3. The molecule has 0 radical (unpaired) electrons. The average Bonchev–Trinajstić information content (AvgIpc) is 1.68. The fraction of sp³-hybridized carbons (Fsp3) is 0.800. The minimum Gasteiger partial charge on any atom is -0.466 e. The van der Waals surface area contributed by atoms with Crippen LogP contribution >= 0.6 is 0 Å². The number of alkyl halides is 1. The lowest BCUT2D eigenvalue weighted by Gasteiger charge is -1.95. The molecule has 0 rings (SSSR count). The van der Waals surface area contributed by atoms with Crippen LogP contribution < -0.4 is 0 Å². The molecule has 0 spiro atoms. The minimum absolute atomic E-state index is 0.117. The number of hydrogen-bond donors (Lipinski definition) is 0. The monoisotopic (exact) mass is 119 g/mol. The zero-order valence-electron chi connectivity index (χ0n) is 4.82. The molecule has 0 aliphatic heterocycles. The van der Waals surface area contributed by atoms with E-state index in [9.17, 15) is 9.18 Å². The highest BCUT2D eigenvalue weighted by Crippen LogP contribution is 1.85. The summed E-state index contributed by atoms with van der Waals surface area (Å²) in [5.74, 6) is -0.463. The normalized spacial score (nSPS) is 8.75. The second-order valence-corrected chi connectivity index (χ2v) is 1.24. The predicted molar refractivity (Wildman–Crippen MR) is 27.2 cm³/mol. The molecule has 0 fully saturated rings. The highest BCUT2D eigenvalue weighted by atomic mass is 18.2. The van der Waals surface area contributed by atoms with Crippen molar-refractivity contribution in [2.24, 2.45) is 0 Å². The van der Waals surface area contributed by atoms with Gasteiger partial charge in [-0.3, -0.25) is 9.18 Å². The maximum Gasteiger partial charge on any atom is 0.308 e. The number of esters is 1. The van der Waals surface area contributed by atoms with E-state index in [1.807, 2.05) is 0 Å². The number of carbonyl (C=O) groups excluding carboxylic acids is 1. The molecule has 0 aliphatic rings. The number of ether oxygens (including phenoxy) is 1. The second-order valence-electron chi connectivity index (χ2n) is 1.24. The maximum absolute atomic E-state index is 11.3. The van der Waals surface area contributed by atoms with Gasteiger partial charge in [-0.05, 0) is 6.92 Å². The number of carbonyl (C=O) groups is 1. The van der Waals surface area contributed by atoms with E-state index < -0.39 is 12.6 Å². The van der Waals surface area contributed by atoms with E-state index >= 15 is 0 Å². The summed E-state index contributed by atoms with van der Waals surface area (Å²) in [4.78, 5) is 10.2. The molecule has 0 saturated heterocycles. The van der Waals surface area contributed by atoms with Crippen LogP contribution in [-0.2, 0) is 9.53 Å². The molecule has 0 aromatic carbocycles. The van der Waals surface area contributed by atoms with Gasteiger partial charge in [0.15, 0.2) is 0 Å². The Morgan fingerprint density at radius 2 is 2.38 bits per heavy atom. The summed E-state index contributed by atoms with van der Waals surface area (Å²) >= 11 is 0. The van der Waals surface area contributed by atoms with Gasteiger partial charge in [0, 0.05) is 0 Å². The molecular formula is C5H9FO2. The summed E-state index contributed by atoms with van der Waals surface area (Å²) in [6.45, 7) is 1.40. The molecule has 0 unspecified atom stereocenters. The Labute approximate surface area is 47.6 Å². The van der Waals surface area contributed by atoms with Crippen LogP contribution in [0.2, 0.25) is 0 Å². The van der Waals surface area contributed by atoms with Crippen LogP contribution in [0.3, 0.4) is 0 Å². The van der Waals surface area contributed by atoms with Crippen LogP contribution in [0.25, 0.3) is 0 Å². The van der Waals surface area contributed by atoms with Crippen molar-refractivity contribution in [3.8, 4) is 0 Å². The Morgan fingerprint density at radius 1 is 1.75 bits per heavy atom. The zero-order valence-corrected chi connectivity index (χ0v) is 4.82.